The average molecular weight is 516 g/mol. The van der Waals surface area contributed by atoms with Crippen LogP contribution in [0.15, 0.2) is 127 Å². The molecule has 192 valence electrons. The van der Waals surface area contributed by atoms with Crippen LogP contribution in [0.1, 0.15) is 47.2 Å². The van der Waals surface area contributed by atoms with Gasteiger partial charge < -0.3 is 4.98 Å². The van der Waals surface area contributed by atoms with Gasteiger partial charge in [0.1, 0.15) is 5.78 Å². The molecule has 1 aromatic heterocycles. The molecule has 0 amide bonds. The second kappa shape index (κ2) is 9.98. The Hall–Kier alpha value is -4.95. The van der Waals surface area contributed by atoms with Crippen LogP contribution in [0, 0.1) is 0 Å². The fourth-order valence-electron chi connectivity index (χ4n) is 6.04. The van der Waals surface area contributed by atoms with Crippen molar-refractivity contribution >= 4 is 28.2 Å². The first-order valence-electron chi connectivity index (χ1n) is 13.8. The van der Waals surface area contributed by atoms with Gasteiger partial charge in [0.25, 0.3) is 0 Å². The lowest BCUT2D eigenvalue weighted by Crippen LogP contribution is -2.08. The number of aromatic amines is 1. The molecule has 1 atom stereocenters. The summed E-state index contributed by atoms with van der Waals surface area (Å²) in [4.78, 5) is 16.3. The Kier molecular flexibility index (Phi) is 6.02. The van der Waals surface area contributed by atoms with Crippen molar-refractivity contribution in [2.45, 2.75) is 19.3 Å². The van der Waals surface area contributed by atoms with Crippen LogP contribution >= 0.6 is 0 Å². The quantitative estimate of drug-likeness (QED) is 0.244. The minimum Gasteiger partial charge on any atom is -0.357 e. The highest BCUT2D eigenvalue weighted by Gasteiger charge is 2.28. The summed E-state index contributed by atoms with van der Waals surface area (Å²) in [6.45, 7) is 1.69. The van der Waals surface area contributed by atoms with Crippen LogP contribution in [0.3, 0.4) is 0 Å². The number of carbonyl (C=O) groups excluding carboxylic acids is 1. The molecule has 0 bridgehead atoms. The van der Waals surface area contributed by atoms with Crippen LogP contribution in [0.2, 0.25) is 0 Å². The van der Waals surface area contributed by atoms with E-state index in [0.717, 1.165) is 22.5 Å². The number of Topliss-reactive ketones (excluding diaryl/α,β-unsaturated/α-hetero) is 1. The summed E-state index contributed by atoms with van der Waals surface area (Å²) < 4.78 is 0. The number of carbonyl (C=O) groups is 1. The molecule has 0 radical (unpaired) electrons. The van der Waals surface area contributed by atoms with Crippen molar-refractivity contribution in [3.63, 3.8) is 0 Å². The zero-order chi connectivity index (χ0) is 27.1. The first-order valence-corrected chi connectivity index (χ1v) is 13.8. The molecule has 2 heteroatoms. The van der Waals surface area contributed by atoms with Gasteiger partial charge in [-0.3, -0.25) is 4.79 Å². The van der Waals surface area contributed by atoms with Gasteiger partial charge in [-0.15, -0.1) is 0 Å². The van der Waals surface area contributed by atoms with Gasteiger partial charge in [0.05, 0.1) is 0 Å². The number of aromatic nitrogens is 1. The van der Waals surface area contributed by atoms with Gasteiger partial charge in [-0.05, 0) is 74.9 Å². The van der Waals surface area contributed by atoms with Crippen LogP contribution in [0.4, 0.5) is 0 Å². The lowest BCUT2D eigenvalue weighted by atomic mass is 9.87. The van der Waals surface area contributed by atoms with E-state index in [2.05, 4.69) is 132 Å². The topological polar surface area (TPSA) is 32.9 Å². The third-order valence-corrected chi connectivity index (χ3v) is 8.01. The molecule has 1 N–H and O–H groups in total. The number of H-pyrrole nitrogens is 1. The minimum atomic E-state index is -0.0354. The van der Waals surface area contributed by atoms with E-state index in [0.29, 0.717) is 6.42 Å². The SMILES string of the molecule is CC(=O)C[C@@H]1c2ccccc2C=C(c2ccccc2)c2cc(-c3ccc(-c4ccc5ccccc5c4)cc3)[nH]c21. The van der Waals surface area contributed by atoms with Crippen molar-refractivity contribution < 1.29 is 4.79 Å². The first-order chi connectivity index (χ1) is 19.6. The van der Waals surface area contributed by atoms with Gasteiger partial charge in [0, 0.05) is 29.3 Å². The van der Waals surface area contributed by atoms with Crippen molar-refractivity contribution in [1.82, 2.24) is 4.98 Å². The second-order valence-electron chi connectivity index (χ2n) is 10.7. The van der Waals surface area contributed by atoms with Gasteiger partial charge in [0.15, 0.2) is 0 Å². The molecule has 0 saturated heterocycles. The second-order valence-corrected chi connectivity index (χ2v) is 10.7. The highest BCUT2D eigenvalue weighted by Crippen LogP contribution is 2.43. The van der Waals surface area contributed by atoms with Crippen molar-refractivity contribution in [3.05, 3.63) is 155 Å². The largest absolute Gasteiger partial charge is 0.357 e. The van der Waals surface area contributed by atoms with Crippen LogP contribution in [0.5, 0.6) is 0 Å². The summed E-state index contributed by atoms with van der Waals surface area (Å²) in [6, 6.07) is 45.1. The normalized spacial score (nSPS) is 14.2. The predicted molar refractivity (Wildman–Crippen MR) is 166 cm³/mol. The average Bonchev–Trinajstić information content (AvgIpc) is 3.39. The predicted octanol–water partition coefficient (Wildman–Crippen LogP) is 9.52. The Morgan fingerprint density at radius 2 is 1.32 bits per heavy atom. The molecule has 0 spiro atoms. The molecule has 0 aliphatic heterocycles. The zero-order valence-electron chi connectivity index (χ0n) is 22.4. The maximum Gasteiger partial charge on any atom is 0.130 e. The lowest BCUT2D eigenvalue weighted by molar-refractivity contribution is -0.117. The van der Waals surface area contributed by atoms with E-state index in [1.807, 2.05) is 6.07 Å². The summed E-state index contributed by atoms with van der Waals surface area (Å²) in [5.74, 6) is 0.150. The highest BCUT2D eigenvalue weighted by molar-refractivity contribution is 5.96. The molecule has 7 rings (SSSR count). The van der Waals surface area contributed by atoms with E-state index in [9.17, 15) is 4.79 Å². The Morgan fingerprint density at radius 3 is 2.12 bits per heavy atom. The van der Waals surface area contributed by atoms with E-state index >= 15 is 0 Å². The number of rotatable bonds is 5. The number of hydrogen-bond acceptors (Lipinski definition) is 1. The van der Waals surface area contributed by atoms with Gasteiger partial charge in [-0.2, -0.15) is 0 Å². The van der Waals surface area contributed by atoms with Crippen molar-refractivity contribution in [1.29, 1.82) is 0 Å². The summed E-state index contributed by atoms with van der Waals surface area (Å²) in [6.07, 6.45) is 2.74. The maximum absolute atomic E-state index is 12.5. The molecule has 0 saturated carbocycles. The highest BCUT2D eigenvalue weighted by atomic mass is 16.1. The monoisotopic (exact) mass is 515 g/mol. The number of nitrogens with one attached hydrogen (secondary N) is 1. The van der Waals surface area contributed by atoms with Crippen molar-refractivity contribution in [2.75, 3.05) is 0 Å². The number of fused-ring (bicyclic) bond motifs is 3. The number of benzene rings is 5. The molecule has 40 heavy (non-hydrogen) atoms. The third kappa shape index (κ3) is 4.38. The van der Waals surface area contributed by atoms with Gasteiger partial charge >= 0.3 is 0 Å². The van der Waals surface area contributed by atoms with Gasteiger partial charge in [0.2, 0.25) is 0 Å². The molecule has 5 aromatic carbocycles. The van der Waals surface area contributed by atoms with Crippen LogP contribution < -0.4 is 0 Å². The number of ketones is 1. The molecule has 1 aliphatic carbocycles. The van der Waals surface area contributed by atoms with E-state index in [4.69, 9.17) is 0 Å². The minimum absolute atomic E-state index is 0.0354. The van der Waals surface area contributed by atoms with E-state index in [1.54, 1.807) is 6.92 Å². The van der Waals surface area contributed by atoms with E-state index in [1.165, 1.54) is 44.2 Å². The first kappa shape index (κ1) is 24.1. The zero-order valence-corrected chi connectivity index (χ0v) is 22.4. The molecular formula is C38H29NO. The van der Waals surface area contributed by atoms with E-state index in [-0.39, 0.29) is 11.7 Å². The van der Waals surface area contributed by atoms with Crippen LogP contribution in [0.25, 0.3) is 44.8 Å². The molecule has 1 heterocycles. The Labute approximate surface area is 234 Å². The molecule has 6 aromatic rings. The smallest absolute Gasteiger partial charge is 0.130 e. The lowest BCUT2D eigenvalue weighted by Gasteiger charge is -2.17. The Bertz CT molecular complexity index is 1890. The van der Waals surface area contributed by atoms with Crippen molar-refractivity contribution in [2.24, 2.45) is 0 Å². The molecule has 0 unspecified atom stereocenters. The van der Waals surface area contributed by atoms with Crippen molar-refractivity contribution in [3.8, 4) is 22.4 Å². The molecule has 2 nitrogen and oxygen atoms in total. The molecular weight excluding hydrogens is 486 g/mol. The fourth-order valence-corrected chi connectivity index (χ4v) is 6.04. The van der Waals surface area contributed by atoms with E-state index < -0.39 is 0 Å². The van der Waals surface area contributed by atoms with Gasteiger partial charge in [-0.25, -0.2) is 0 Å². The molecule has 0 fully saturated rings. The maximum atomic E-state index is 12.5. The summed E-state index contributed by atoms with van der Waals surface area (Å²) in [5, 5.41) is 2.49. The summed E-state index contributed by atoms with van der Waals surface area (Å²) in [7, 11) is 0. The van der Waals surface area contributed by atoms with Crippen LogP contribution in [-0.4, -0.2) is 10.8 Å². The number of hydrogen-bond donors (Lipinski definition) is 1. The standard InChI is InChI=1S/C38H29NO/c1-25(40)21-35-33-14-8-7-13-32(33)23-34(28-10-3-2-4-11-28)36-24-37(39-38(35)36)29-18-15-27(16-19-29)31-20-17-26-9-5-6-12-30(26)22-31/h2-20,22-24,35,39H,21H2,1H3/t35-/m1/s1. The van der Waals surface area contributed by atoms with Crippen LogP contribution in [-0.2, 0) is 4.79 Å². The van der Waals surface area contributed by atoms with Gasteiger partial charge in [-0.1, -0.05) is 115 Å². The Morgan fingerprint density at radius 1 is 0.650 bits per heavy atom. The molecule has 1 aliphatic rings. The Balaban J connectivity index is 1.34. The third-order valence-electron chi connectivity index (χ3n) is 8.01. The summed E-state index contributed by atoms with van der Waals surface area (Å²) in [5.41, 5.74) is 11.5. The summed E-state index contributed by atoms with van der Waals surface area (Å²) >= 11 is 0. The fraction of sp³-hybridized carbons (Fsp3) is 0.0789.